The first-order valence-corrected chi connectivity index (χ1v) is 17.9. The average Bonchev–Trinajstić information content (AvgIpc) is 3.78. The van der Waals surface area contributed by atoms with Gasteiger partial charge in [0.2, 0.25) is 11.2 Å². The molecule has 6 aliphatic heterocycles. The Kier molecular flexibility index (Phi) is 11.9. The van der Waals surface area contributed by atoms with Gasteiger partial charge in [-0.15, -0.1) is 12.4 Å². The Morgan fingerprint density at radius 3 is 1.60 bits per heavy atom. The van der Waals surface area contributed by atoms with Crippen LogP contribution in [0.15, 0.2) is 24.8 Å². The van der Waals surface area contributed by atoms with Crippen molar-refractivity contribution in [2.75, 3.05) is 57.3 Å². The van der Waals surface area contributed by atoms with Crippen molar-refractivity contribution in [3.8, 4) is 0 Å². The quantitative estimate of drug-likeness (QED) is 0.298. The maximum absolute atomic E-state index is 11.7. The number of carbonyl (C=O) groups excluding carboxylic acids is 2. The molecule has 0 bridgehead atoms. The molecule has 0 aromatic carbocycles. The molecule has 16 nitrogen and oxygen atoms in total. The normalized spacial score (nSPS) is 26.2. The van der Waals surface area contributed by atoms with E-state index in [9.17, 15) is 9.59 Å². The predicted molar refractivity (Wildman–Crippen MR) is 201 cm³/mol. The number of rotatable bonds is 3. The van der Waals surface area contributed by atoms with Crippen LogP contribution in [0.2, 0.25) is 5.28 Å². The van der Waals surface area contributed by atoms with Crippen LogP contribution in [0.1, 0.15) is 55.4 Å². The summed E-state index contributed by atoms with van der Waals surface area (Å²) < 4.78 is 23.8. The lowest BCUT2D eigenvalue weighted by Gasteiger charge is -2.36. The molecular weight excluding hydrogens is 713 g/mol. The van der Waals surface area contributed by atoms with Crippen molar-refractivity contribution in [3.05, 3.63) is 30.1 Å². The number of hydrogen-bond acceptors (Lipinski definition) is 12. The Labute approximate surface area is 317 Å². The van der Waals surface area contributed by atoms with Crippen molar-refractivity contribution < 1.29 is 28.2 Å². The van der Waals surface area contributed by atoms with E-state index < -0.39 is 14.2 Å². The maximum Gasteiger partial charge on any atom is 0.498 e. The molecule has 0 spiro atoms. The minimum atomic E-state index is -0.451. The first-order valence-electron chi connectivity index (χ1n) is 17.5. The molecule has 4 amide bonds. The van der Waals surface area contributed by atoms with E-state index in [0.29, 0.717) is 25.1 Å². The van der Waals surface area contributed by atoms with Crippen LogP contribution in [0.4, 0.5) is 15.5 Å². The number of anilines is 1. The van der Waals surface area contributed by atoms with Gasteiger partial charge in [-0.05, 0) is 67.0 Å². The highest BCUT2D eigenvalue weighted by Gasteiger charge is 2.53. The highest BCUT2D eigenvalue weighted by Crippen LogP contribution is 2.37. The van der Waals surface area contributed by atoms with Gasteiger partial charge in [0.05, 0.1) is 34.5 Å². The minimum Gasteiger partial charge on any atom is -0.399 e. The molecule has 2 aromatic heterocycles. The number of hydrogen-bond donors (Lipinski definition) is 3. The van der Waals surface area contributed by atoms with Crippen LogP contribution in [-0.2, 0) is 18.6 Å². The van der Waals surface area contributed by atoms with Gasteiger partial charge in [-0.2, -0.15) is 0 Å². The minimum absolute atomic E-state index is 0. The van der Waals surface area contributed by atoms with Crippen LogP contribution in [0.5, 0.6) is 0 Å². The topological polar surface area (TPSA) is 168 Å². The van der Waals surface area contributed by atoms with Crippen LogP contribution in [0, 0.1) is 0 Å². The van der Waals surface area contributed by atoms with E-state index in [0.717, 1.165) is 50.2 Å². The van der Waals surface area contributed by atoms with Crippen LogP contribution < -0.4 is 31.8 Å². The summed E-state index contributed by atoms with van der Waals surface area (Å²) in [6.07, 6.45) is 6.79. The van der Waals surface area contributed by atoms with E-state index in [1.54, 1.807) is 24.8 Å². The van der Waals surface area contributed by atoms with Gasteiger partial charge in [0.25, 0.3) is 0 Å². The van der Waals surface area contributed by atoms with Crippen molar-refractivity contribution in [1.29, 1.82) is 0 Å². The summed E-state index contributed by atoms with van der Waals surface area (Å²) in [5, 5.41) is 9.16. The Hall–Kier alpha value is -2.99. The Morgan fingerprint density at radius 2 is 1.12 bits per heavy atom. The molecule has 8 heterocycles. The molecule has 0 saturated carbocycles. The van der Waals surface area contributed by atoms with E-state index in [1.807, 2.05) is 65.2 Å². The number of fused-ring (bicyclic) bond motifs is 2. The van der Waals surface area contributed by atoms with Gasteiger partial charge >= 0.3 is 26.3 Å². The molecule has 0 aliphatic carbocycles. The highest BCUT2D eigenvalue weighted by molar-refractivity contribution is 6.62. The van der Waals surface area contributed by atoms with Gasteiger partial charge in [0.1, 0.15) is 0 Å². The number of aromatic nitrogens is 4. The first-order chi connectivity index (χ1) is 24.0. The lowest BCUT2D eigenvalue weighted by molar-refractivity contribution is 0.00578. The Bertz CT molecular complexity index is 1540. The first kappa shape index (κ1) is 40.2. The van der Waals surface area contributed by atoms with Gasteiger partial charge in [-0.25, -0.2) is 29.5 Å². The summed E-state index contributed by atoms with van der Waals surface area (Å²) in [4.78, 5) is 45.4. The molecule has 2 aromatic rings. The fraction of sp³-hybridized carbons (Fsp3) is 0.688. The summed E-state index contributed by atoms with van der Waals surface area (Å²) in [6.45, 7) is 22.5. The second-order valence-electron chi connectivity index (χ2n) is 15.5. The standard InChI is InChI=1S/C16H24BN5O3.C10H14BClN2O2.C6H11N3O.ClH/c1-15(2)16(3,4)25-17(24-15)11-7-18-13(19-8-11)21-5-6-22-12(10-21)9-20-14(22)23;1-9(2)10(3,4)16-11(15-9)7-5-13-8(12)14-6-7;10-6-8-4-5-3-7-1-2-9(5)6;/h7-8,12H,5-6,9-10H2,1-4H3,(H,20,23);5-6H,1-4H3;5,7H,1-4H2,(H,8,10);1H. The SMILES string of the molecule is CC1(C)OB(c2cnc(Cl)nc2)OC1(C)C.CC1(C)OB(c2cnc(N3CCN4C(=O)NCC4C3)nc2)OC1(C)C.Cl.O=C1NCC2CNCCN12. The lowest BCUT2D eigenvalue weighted by atomic mass is 9.81. The number of carbonyl (C=O) groups is 2. The van der Waals surface area contributed by atoms with E-state index in [1.165, 1.54) is 0 Å². The highest BCUT2D eigenvalue weighted by atomic mass is 35.5. The van der Waals surface area contributed by atoms with Crippen LogP contribution in [0.3, 0.4) is 0 Å². The molecule has 2 atom stereocenters. The lowest BCUT2D eigenvalue weighted by Crippen LogP contribution is -2.52. The van der Waals surface area contributed by atoms with Gasteiger partial charge in [-0.3, -0.25) is 0 Å². The van der Waals surface area contributed by atoms with Crippen LogP contribution in [0.25, 0.3) is 0 Å². The molecule has 52 heavy (non-hydrogen) atoms. The molecule has 6 aliphatic rings. The third-order valence-corrected chi connectivity index (χ3v) is 11.2. The molecule has 0 radical (unpaired) electrons. The van der Waals surface area contributed by atoms with Crippen molar-refractivity contribution in [1.82, 2.24) is 45.7 Å². The van der Waals surface area contributed by atoms with Gasteiger partial charge in [0.15, 0.2) is 0 Å². The number of piperazine rings is 2. The van der Waals surface area contributed by atoms with Gasteiger partial charge in [0, 0.05) is 88.1 Å². The fourth-order valence-corrected chi connectivity index (χ4v) is 6.42. The fourth-order valence-electron chi connectivity index (χ4n) is 6.32. The van der Waals surface area contributed by atoms with E-state index in [2.05, 4.69) is 40.8 Å². The summed E-state index contributed by atoms with van der Waals surface area (Å²) in [5.74, 6) is 0.680. The number of nitrogens with zero attached hydrogens (tertiary/aromatic N) is 7. The molecule has 8 rings (SSSR count). The largest absolute Gasteiger partial charge is 0.498 e. The molecular formula is C32H50B2Cl2N10O6. The molecule has 284 valence electrons. The van der Waals surface area contributed by atoms with E-state index >= 15 is 0 Å². The molecule has 2 unspecified atom stereocenters. The smallest absolute Gasteiger partial charge is 0.399 e. The zero-order valence-corrected chi connectivity index (χ0v) is 32.7. The van der Waals surface area contributed by atoms with Gasteiger partial charge in [-0.1, -0.05) is 0 Å². The molecule has 20 heteroatoms. The average molecular weight is 763 g/mol. The zero-order valence-electron chi connectivity index (χ0n) is 31.1. The predicted octanol–water partition coefficient (Wildman–Crippen LogP) is 0.824. The van der Waals surface area contributed by atoms with Gasteiger partial charge < -0.3 is 49.3 Å². The monoisotopic (exact) mass is 762 g/mol. The second-order valence-corrected chi connectivity index (χ2v) is 15.8. The number of urea groups is 2. The Morgan fingerprint density at radius 1 is 0.673 bits per heavy atom. The third kappa shape index (κ3) is 8.37. The van der Waals surface area contributed by atoms with Crippen molar-refractivity contribution >= 4 is 67.2 Å². The summed E-state index contributed by atoms with van der Waals surface area (Å²) in [6, 6.07) is 0.724. The van der Waals surface area contributed by atoms with Crippen LogP contribution >= 0.6 is 24.0 Å². The van der Waals surface area contributed by atoms with Crippen molar-refractivity contribution in [2.45, 2.75) is 89.9 Å². The molecule has 6 saturated heterocycles. The summed E-state index contributed by atoms with van der Waals surface area (Å²) >= 11 is 5.63. The van der Waals surface area contributed by atoms with Crippen LogP contribution in [-0.4, -0.2) is 143 Å². The van der Waals surface area contributed by atoms with Crippen molar-refractivity contribution in [3.63, 3.8) is 0 Å². The summed E-state index contributed by atoms with van der Waals surface area (Å²) in [5.41, 5.74) is 0.139. The van der Waals surface area contributed by atoms with Crippen molar-refractivity contribution in [2.24, 2.45) is 0 Å². The zero-order chi connectivity index (χ0) is 36.8. The van der Waals surface area contributed by atoms with E-state index in [-0.39, 0.29) is 58.2 Å². The van der Waals surface area contributed by atoms with E-state index in [4.69, 9.17) is 30.2 Å². The summed E-state index contributed by atoms with van der Waals surface area (Å²) in [7, 11) is -0.880. The maximum atomic E-state index is 11.7. The number of halogens is 2. The third-order valence-electron chi connectivity index (χ3n) is 11.0. The second kappa shape index (κ2) is 15.4. The Balaban J connectivity index is 0.000000165. The number of amides is 4. The molecule has 6 fully saturated rings. The number of nitrogens with one attached hydrogen (secondary N) is 3. The molecule has 3 N–H and O–H groups in total.